The van der Waals surface area contributed by atoms with Crippen LogP contribution in [-0.4, -0.2) is 29.4 Å². The van der Waals surface area contributed by atoms with Gasteiger partial charge in [0.25, 0.3) is 0 Å². The van der Waals surface area contributed by atoms with Crippen LogP contribution in [0, 0.1) is 11.3 Å². The third-order valence-corrected chi connectivity index (χ3v) is 2.83. The zero-order valence-corrected chi connectivity index (χ0v) is 9.93. The predicted octanol–water partition coefficient (Wildman–Crippen LogP) is 1.20. The average Bonchev–Trinajstić information content (AvgIpc) is 2.66. The molecule has 0 aliphatic heterocycles. The molecule has 0 aliphatic carbocycles. The zero-order chi connectivity index (χ0) is 12.3. The van der Waals surface area contributed by atoms with Crippen molar-refractivity contribution in [3.05, 3.63) is 41.7 Å². The first-order valence-corrected chi connectivity index (χ1v) is 5.63. The summed E-state index contributed by atoms with van der Waals surface area (Å²) in [6.45, 7) is 2.21. The molecule has 0 aliphatic rings. The Kier molecular flexibility index (Phi) is 3.43. The summed E-state index contributed by atoms with van der Waals surface area (Å²) in [5.74, 6) is 0. The van der Waals surface area contributed by atoms with Gasteiger partial charge in [-0.2, -0.15) is 5.26 Å². The topological polar surface area (TPSA) is 57.5 Å². The molecule has 2 rings (SSSR count). The van der Waals surface area contributed by atoms with Gasteiger partial charge in [-0.25, -0.2) is 0 Å². The lowest BCUT2D eigenvalue weighted by Gasteiger charge is -2.14. The Balaban J connectivity index is 2.37. The molecule has 2 heterocycles. The number of nitrogens with zero attached hydrogens (tertiary/aromatic N) is 3. The molecule has 2 aromatic rings. The number of pyridine rings is 1. The van der Waals surface area contributed by atoms with Crippen molar-refractivity contribution >= 4 is 5.52 Å². The number of hydrogen-bond acceptors (Lipinski definition) is 3. The summed E-state index contributed by atoms with van der Waals surface area (Å²) in [6.07, 6.45) is 3.98. The molecule has 0 bridgehead atoms. The molecule has 2 aromatic heterocycles. The Hall–Kier alpha value is -1.83. The van der Waals surface area contributed by atoms with Crippen LogP contribution in [0.3, 0.4) is 0 Å². The molecule has 4 heteroatoms. The second-order valence-corrected chi connectivity index (χ2v) is 4.16. The van der Waals surface area contributed by atoms with Gasteiger partial charge in [0.15, 0.2) is 0 Å². The second kappa shape index (κ2) is 5.00. The number of rotatable bonds is 4. The molecule has 0 spiro atoms. The summed E-state index contributed by atoms with van der Waals surface area (Å²) in [6, 6.07) is 8.16. The van der Waals surface area contributed by atoms with Crippen molar-refractivity contribution in [2.75, 3.05) is 20.1 Å². The van der Waals surface area contributed by atoms with E-state index in [0.29, 0.717) is 6.54 Å². The monoisotopic (exact) mass is 228 g/mol. The molecule has 2 N–H and O–H groups in total. The SMILES string of the molecule is CN(CCN)Cc1cn2ccccc2c1C#N. The van der Waals surface area contributed by atoms with E-state index in [9.17, 15) is 5.26 Å². The minimum Gasteiger partial charge on any atom is -0.329 e. The van der Waals surface area contributed by atoms with Crippen LogP contribution in [0.4, 0.5) is 0 Å². The van der Waals surface area contributed by atoms with E-state index in [4.69, 9.17) is 5.73 Å². The molecule has 0 radical (unpaired) electrons. The molecule has 4 nitrogen and oxygen atoms in total. The fourth-order valence-corrected chi connectivity index (χ4v) is 2.02. The highest BCUT2D eigenvalue weighted by Crippen LogP contribution is 2.18. The van der Waals surface area contributed by atoms with E-state index in [0.717, 1.165) is 29.7 Å². The molecule has 0 aromatic carbocycles. The highest BCUT2D eigenvalue weighted by molar-refractivity contribution is 5.65. The molecular weight excluding hydrogens is 212 g/mol. The van der Waals surface area contributed by atoms with Crippen LogP contribution in [0.2, 0.25) is 0 Å². The molecule has 0 amide bonds. The fraction of sp³-hybridized carbons (Fsp3) is 0.308. The van der Waals surface area contributed by atoms with Crippen LogP contribution in [0.5, 0.6) is 0 Å². The third-order valence-electron chi connectivity index (χ3n) is 2.83. The van der Waals surface area contributed by atoms with E-state index in [1.807, 2.05) is 42.0 Å². The van der Waals surface area contributed by atoms with Crippen LogP contribution in [0.25, 0.3) is 5.52 Å². The van der Waals surface area contributed by atoms with Gasteiger partial charge < -0.3 is 15.0 Å². The number of likely N-dealkylation sites (N-methyl/N-ethyl adjacent to an activating group) is 1. The third kappa shape index (κ3) is 2.31. The lowest BCUT2D eigenvalue weighted by Crippen LogP contribution is -2.25. The highest BCUT2D eigenvalue weighted by atomic mass is 15.1. The van der Waals surface area contributed by atoms with Crippen molar-refractivity contribution in [1.82, 2.24) is 9.30 Å². The largest absolute Gasteiger partial charge is 0.329 e. The Morgan fingerprint density at radius 1 is 1.47 bits per heavy atom. The highest BCUT2D eigenvalue weighted by Gasteiger charge is 2.11. The number of nitrogens with two attached hydrogens (primary N) is 1. The van der Waals surface area contributed by atoms with Gasteiger partial charge in [0.2, 0.25) is 0 Å². The zero-order valence-electron chi connectivity index (χ0n) is 9.93. The van der Waals surface area contributed by atoms with Gasteiger partial charge in [0, 0.05) is 37.6 Å². The quantitative estimate of drug-likeness (QED) is 0.855. The molecular formula is C13H16N4. The summed E-state index contributed by atoms with van der Waals surface area (Å²) in [4.78, 5) is 2.12. The maximum absolute atomic E-state index is 9.24. The summed E-state index contributed by atoms with van der Waals surface area (Å²) >= 11 is 0. The lowest BCUT2D eigenvalue weighted by molar-refractivity contribution is 0.336. The molecule has 0 fully saturated rings. The molecule has 0 atom stereocenters. The van der Waals surface area contributed by atoms with Crippen molar-refractivity contribution in [3.8, 4) is 6.07 Å². The van der Waals surface area contributed by atoms with E-state index in [-0.39, 0.29) is 0 Å². The number of aromatic nitrogens is 1. The first kappa shape index (κ1) is 11.6. The maximum Gasteiger partial charge on any atom is 0.102 e. The minimum atomic E-state index is 0.631. The number of fused-ring (bicyclic) bond motifs is 1. The molecule has 0 unspecified atom stereocenters. The van der Waals surface area contributed by atoms with Crippen molar-refractivity contribution < 1.29 is 0 Å². The Morgan fingerprint density at radius 2 is 2.29 bits per heavy atom. The Morgan fingerprint density at radius 3 is 3.00 bits per heavy atom. The summed E-state index contributed by atoms with van der Waals surface area (Å²) < 4.78 is 1.99. The van der Waals surface area contributed by atoms with E-state index < -0.39 is 0 Å². The van der Waals surface area contributed by atoms with Gasteiger partial charge >= 0.3 is 0 Å². The van der Waals surface area contributed by atoms with E-state index in [1.54, 1.807) is 0 Å². The summed E-state index contributed by atoms with van der Waals surface area (Å²) in [5, 5.41) is 9.24. The maximum atomic E-state index is 9.24. The van der Waals surface area contributed by atoms with Crippen LogP contribution >= 0.6 is 0 Å². The van der Waals surface area contributed by atoms with E-state index in [2.05, 4.69) is 11.0 Å². The number of nitriles is 1. The fourth-order valence-electron chi connectivity index (χ4n) is 2.02. The molecule has 0 saturated heterocycles. The second-order valence-electron chi connectivity index (χ2n) is 4.16. The van der Waals surface area contributed by atoms with Crippen LogP contribution < -0.4 is 5.73 Å². The van der Waals surface area contributed by atoms with Gasteiger partial charge in [-0.3, -0.25) is 0 Å². The van der Waals surface area contributed by atoms with Crippen molar-refractivity contribution in [2.24, 2.45) is 5.73 Å². The minimum absolute atomic E-state index is 0.631. The standard InChI is InChI=1S/C13H16N4/c1-16(7-5-14)9-11-10-17-6-3-2-4-13(17)12(11)8-15/h2-4,6,10H,5,7,9,14H2,1H3. The van der Waals surface area contributed by atoms with Crippen molar-refractivity contribution in [1.29, 1.82) is 5.26 Å². The van der Waals surface area contributed by atoms with Gasteiger partial charge in [0.1, 0.15) is 6.07 Å². The van der Waals surface area contributed by atoms with Crippen LogP contribution in [-0.2, 0) is 6.54 Å². The predicted molar refractivity (Wildman–Crippen MR) is 67.5 cm³/mol. The van der Waals surface area contributed by atoms with Crippen molar-refractivity contribution in [3.63, 3.8) is 0 Å². The number of hydrogen-bond donors (Lipinski definition) is 1. The summed E-state index contributed by atoms with van der Waals surface area (Å²) in [5.41, 5.74) is 8.29. The lowest BCUT2D eigenvalue weighted by atomic mass is 10.1. The Bertz CT molecular complexity index is 550. The van der Waals surface area contributed by atoms with E-state index >= 15 is 0 Å². The van der Waals surface area contributed by atoms with Crippen molar-refractivity contribution in [2.45, 2.75) is 6.54 Å². The van der Waals surface area contributed by atoms with Gasteiger partial charge in [0.05, 0.1) is 11.1 Å². The van der Waals surface area contributed by atoms with Gasteiger partial charge in [-0.15, -0.1) is 0 Å². The Labute approximate surface area is 101 Å². The average molecular weight is 228 g/mol. The van der Waals surface area contributed by atoms with Crippen LogP contribution in [0.1, 0.15) is 11.1 Å². The molecule has 17 heavy (non-hydrogen) atoms. The van der Waals surface area contributed by atoms with Crippen LogP contribution in [0.15, 0.2) is 30.6 Å². The van der Waals surface area contributed by atoms with Gasteiger partial charge in [-0.1, -0.05) is 6.07 Å². The first-order chi connectivity index (χ1) is 8.26. The normalized spacial score (nSPS) is 10.9. The van der Waals surface area contributed by atoms with Gasteiger partial charge in [-0.05, 0) is 19.2 Å². The molecule has 0 saturated carbocycles. The smallest absolute Gasteiger partial charge is 0.102 e. The molecule has 88 valence electrons. The first-order valence-electron chi connectivity index (χ1n) is 5.63. The van der Waals surface area contributed by atoms with E-state index in [1.165, 1.54) is 0 Å². The summed E-state index contributed by atoms with van der Waals surface area (Å²) in [7, 11) is 2.01.